The molecule has 2 fully saturated rings. The molecule has 3 unspecified atom stereocenters. The van der Waals surface area contributed by atoms with Crippen LogP contribution in [0.1, 0.15) is 48.8 Å². The zero-order chi connectivity index (χ0) is 24.3. The number of benzene rings is 1. The number of hydrogen-bond acceptors (Lipinski definition) is 2. The molecule has 182 valence electrons. The van der Waals surface area contributed by atoms with Crippen LogP contribution in [-0.4, -0.2) is 48.2 Å². The van der Waals surface area contributed by atoms with E-state index < -0.39 is 23.6 Å². The van der Waals surface area contributed by atoms with E-state index in [1.54, 1.807) is 6.92 Å². The van der Waals surface area contributed by atoms with Crippen molar-refractivity contribution in [1.29, 1.82) is 0 Å². The van der Waals surface area contributed by atoms with Gasteiger partial charge in [0.05, 0.1) is 6.54 Å². The number of carbonyl (C=O) groups excluding carboxylic acids is 2. The van der Waals surface area contributed by atoms with Gasteiger partial charge in [0, 0.05) is 24.1 Å². The summed E-state index contributed by atoms with van der Waals surface area (Å²) in [5, 5.41) is 2.74. The van der Waals surface area contributed by atoms with E-state index in [9.17, 15) is 40.3 Å². The Labute approximate surface area is 185 Å². The second-order valence-corrected chi connectivity index (χ2v) is 9.25. The number of hydrogen-bond donors (Lipinski definition) is 1. The van der Waals surface area contributed by atoms with Gasteiger partial charge in [-0.15, -0.1) is 0 Å². The van der Waals surface area contributed by atoms with Gasteiger partial charge in [-0.3, -0.25) is 9.59 Å². The monoisotopic (exact) mass is 480 g/mol. The number of halogens is 7. The number of amides is 2. The zero-order valence-corrected chi connectivity index (χ0v) is 17.7. The second-order valence-electron chi connectivity index (χ2n) is 9.25. The second kappa shape index (κ2) is 7.87. The number of aryl methyl sites for hydroxylation is 1. The minimum Gasteiger partial charge on any atom is -0.350 e. The fourth-order valence-corrected chi connectivity index (χ4v) is 5.71. The standard InChI is InChI=1S/C22H23F7N2O2/c1-11-9-31(10-18(32)30-11)19(33)17-7-6-15-14-5-3-13(8-12(14)2-4-16(15)17)20(23,21(24,25)26)22(27,28)29/h3,5,8,11,15-17H,2,4,6-7,9-10H2,1H3,(H,30,32)/t11?,15?,16?,17-/m1/s1. The maximum absolute atomic E-state index is 14.5. The predicted molar refractivity (Wildman–Crippen MR) is 103 cm³/mol. The topological polar surface area (TPSA) is 49.4 Å². The van der Waals surface area contributed by atoms with Gasteiger partial charge in [0.25, 0.3) is 0 Å². The smallest absolute Gasteiger partial charge is 0.350 e. The number of rotatable bonds is 2. The Bertz CT molecular complexity index is 945. The van der Waals surface area contributed by atoms with Crippen molar-refractivity contribution >= 4 is 11.8 Å². The van der Waals surface area contributed by atoms with Crippen molar-refractivity contribution in [2.45, 2.75) is 62.6 Å². The predicted octanol–water partition coefficient (Wildman–Crippen LogP) is 4.38. The van der Waals surface area contributed by atoms with Gasteiger partial charge in [0.15, 0.2) is 0 Å². The Morgan fingerprint density at radius 3 is 2.30 bits per heavy atom. The van der Waals surface area contributed by atoms with Gasteiger partial charge in [0.1, 0.15) is 0 Å². The minimum absolute atomic E-state index is 0.0372. The molecule has 1 saturated carbocycles. The first kappa shape index (κ1) is 23.8. The van der Waals surface area contributed by atoms with Crippen molar-refractivity contribution in [1.82, 2.24) is 10.2 Å². The number of nitrogens with zero attached hydrogens (tertiary/aromatic N) is 1. The highest BCUT2D eigenvalue weighted by Crippen LogP contribution is 2.55. The molecule has 1 N–H and O–H groups in total. The van der Waals surface area contributed by atoms with Crippen LogP contribution >= 0.6 is 0 Å². The molecule has 0 aromatic heterocycles. The number of piperazine rings is 1. The molecule has 1 saturated heterocycles. The van der Waals surface area contributed by atoms with E-state index in [1.165, 1.54) is 4.90 Å². The van der Waals surface area contributed by atoms with E-state index >= 15 is 0 Å². The Hall–Kier alpha value is -2.33. The number of nitrogens with one attached hydrogen (secondary N) is 1. The Balaban J connectivity index is 1.59. The molecule has 0 spiro atoms. The first-order valence-corrected chi connectivity index (χ1v) is 10.8. The summed E-state index contributed by atoms with van der Waals surface area (Å²) in [5.74, 6) is -1.11. The average Bonchev–Trinajstić information content (AvgIpc) is 3.14. The summed E-state index contributed by atoms with van der Waals surface area (Å²) in [5.41, 5.74) is -6.10. The van der Waals surface area contributed by atoms with Crippen LogP contribution in [0.3, 0.4) is 0 Å². The summed E-state index contributed by atoms with van der Waals surface area (Å²) in [7, 11) is 0. The van der Waals surface area contributed by atoms with Gasteiger partial charge in [-0.05, 0) is 55.6 Å². The lowest BCUT2D eigenvalue weighted by molar-refractivity contribution is -0.348. The lowest BCUT2D eigenvalue weighted by Crippen LogP contribution is -2.56. The summed E-state index contributed by atoms with van der Waals surface area (Å²) in [6.07, 6.45) is -10.7. The van der Waals surface area contributed by atoms with Crippen LogP contribution in [-0.2, 0) is 21.7 Å². The third-order valence-electron chi connectivity index (χ3n) is 7.16. The Kier molecular flexibility index (Phi) is 5.68. The van der Waals surface area contributed by atoms with E-state index in [0.29, 0.717) is 43.5 Å². The molecular formula is C22H23F7N2O2. The first-order valence-electron chi connectivity index (χ1n) is 10.8. The third kappa shape index (κ3) is 3.86. The van der Waals surface area contributed by atoms with E-state index in [-0.39, 0.29) is 54.1 Å². The summed E-state index contributed by atoms with van der Waals surface area (Å²) >= 11 is 0. The van der Waals surface area contributed by atoms with Crippen LogP contribution in [0.5, 0.6) is 0 Å². The molecule has 0 bridgehead atoms. The van der Waals surface area contributed by atoms with Crippen LogP contribution in [0, 0.1) is 11.8 Å². The molecule has 11 heteroatoms. The highest BCUT2D eigenvalue weighted by molar-refractivity contribution is 5.87. The van der Waals surface area contributed by atoms with Gasteiger partial charge in [-0.1, -0.05) is 18.2 Å². The molecule has 4 atom stereocenters. The fourth-order valence-electron chi connectivity index (χ4n) is 5.71. The number of alkyl halides is 7. The largest absolute Gasteiger partial charge is 0.435 e. The van der Waals surface area contributed by atoms with Crippen LogP contribution < -0.4 is 5.32 Å². The normalized spacial score (nSPS) is 28.2. The van der Waals surface area contributed by atoms with Crippen molar-refractivity contribution in [2.24, 2.45) is 11.8 Å². The summed E-state index contributed by atoms with van der Waals surface area (Å²) < 4.78 is 93.3. The van der Waals surface area contributed by atoms with Gasteiger partial charge < -0.3 is 10.2 Å². The molecule has 1 aromatic rings. The molecule has 1 aromatic carbocycles. The molecule has 2 aliphatic carbocycles. The van der Waals surface area contributed by atoms with E-state index in [2.05, 4.69) is 5.32 Å². The molecule has 2 amide bonds. The molecule has 0 radical (unpaired) electrons. The third-order valence-corrected chi connectivity index (χ3v) is 7.16. The Morgan fingerprint density at radius 1 is 1.03 bits per heavy atom. The van der Waals surface area contributed by atoms with Crippen molar-refractivity contribution in [2.75, 3.05) is 13.1 Å². The van der Waals surface area contributed by atoms with E-state index in [4.69, 9.17) is 0 Å². The van der Waals surface area contributed by atoms with Crippen molar-refractivity contribution < 1.29 is 40.3 Å². The van der Waals surface area contributed by atoms with Crippen LogP contribution in [0.15, 0.2) is 18.2 Å². The molecule has 3 aliphatic rings. The van der Waals surface area contributed by atoms with Crippen molar-refractivity contribution in [3.05, 3.63) is 34.9 Å². The summed E-state index contributed by atoms with van der Waals surface area (Å²) in [6.45, 7) is 2.13. The zero-order valence-electron chi connectivity index (χ0n) is 17.7. The van der Waals surface area contributed by atoms with Crippen molar-refractivity contribution in [3.63, 3.8) is 0 Å². The maximum atomic E-state index is 14.5. The van der Waals surface area contributed by atoms with Gasteiger partial charge in [-0.25, -0.2) is 4.39 Å². The van der Waals surface area contributed by atoms with Crippen LogP contribution in [0.2, 0.25) is 0 Å². The van der Waals surface area contributed by atoms with Gasteiger partial charge in [0.2, 0.25) is 11.8 Å². The lowest BCUT2D eigenvalue weighted by Gasteiger charge is -2.37. The molecule has 4 rings (SSSR count). The average molecular weight is 480 g/mol. The van der Waals surface area contributed by atoms with E-state index in [0.717, 1.165) is 6.07 Å². The summed E-state index contributed by atoms with van der Waals surface area (Å²) in [6, 6.07) is 2.21. The van der Waals surface area contributed by atoms with Gasteiger partial charge >= 0.3 is 18.0 Å². The Morgan fingerprint density at radius 2 is 1.70 bits per heavy atom. The van der Waals surface area contributed by atoms with Crippen LogP contribution in [0.4, 0.5) is 30.7 Å². The van der Waals surface area contributed by atoms with Crippen molar-refractivity contribution in [3.8, 4) is 0 Å². The molecule has 1 heterocycles. The molecule has 1 aliphatic heterocycles. The number of fused-ring (bicyclic) bond motifs is 3. The van der Waals surface area contributed by atoms with Gasteiger partial charge in [-0.2, -0.15) is 26.3 Å². The maximum Gasteiger partial charge on any atom is 0.435 e. The van der Waals surface area contributed by atoms with E-state index in [1.807, 2.05) is 0 Å². The quantitative estimate of drug-likeness (QED) is 0.639. The van der Waals surface area contributed by atoms with Crippen LogP contribution in [0.25, 0.3) is 0 Å². The SMILES string of the molecule is CC1CN(C(=O)[C@@H]2CCC3c4ccc(C(F)(C(F)(F)F)C(F)(F)F)cc4CCC32)CC(=O)N1. The number of carbonyl (C=O) groups is 2. The highest BCUT2D eigenvalue weighted by atomic mass is 19.4. The molecular weight excluding hydrogens is 457 g/mol. The molecule has 33 heavy (non-hydrogen) atoms. The molecule has 4 nitrogen and oxygen atoms in total. The first-order chi connectivity index (χ1) is 15.2. The minimum atomic E-state index is -6.15. The summed E-state index contributed by atoms with van der Waals surface area (Å²) in [4.78, 5) is 26.4. The highest BCUT2D eigenvalue weighted by Gasteiger charge is 2.73. The lowest BCUT2D eigenvalue weighted by atomic mass is 9.73. The fraction of sp³-hybridized carbons (Fsp3) is 0.636.